The summed E-state index contributed by atoms with van der Waals surface area (Å²) >= 11 is 0. The van der Waals surface area contributed by atoms with Crippen LogP contribution < -0.4 is 5.32 Å². The van der Waals surface area contributed by atoms with E-state index in [-0.39, 0.29) is 5.91 Å². The molecule has 5 nitrogen and oxygen atoms in total. The summed E-state index contributed by atoms with van der Waals surface area (Å²) in [6, 6.07) is 24.2. The maximum Gasteiger partial charge on any atom is 0.267 e. The Kier molecular flexibility index (Phi) is 5.86. The van der Waals surface area contributed by atoms with Gasteiger partial charge in [0, 0.05) is 44.6 Å². The van der Waals surface area contributed by atoms with Crippen LogP contribution in [-0.2, 0) is 19.5 Å². The summed E-state index contributed by atoms with van der Waals surface area (Å²) in [4.78, 5) is 17.1. The van der Waals surface area contributed by atoms with Crippen molar-refractivity contribution in [1.29, 1.82) is 0 Å². The van der Waals surface area contributed by atoms with Crippen molar-refractivity contribution in [2.75, 3.05) is 6.54 Å². The first-order valence-electron chi connectivity index (χ1n) is 9.81. The van der Waals surface area contributed by atoms with E-state index in [9.17, 15) is 4.79 Å². The number of aromatic nitrogens is 3. The maximum absolute atomic E-state index is 12.7. The first kappa shape index (κ1) is 18.7. The highest BCUT2D eigenvalue weighted by molar-refractivity contribution is 5.92. The number of hydrogen-bond donors (Lipinski definition) is 1. The molecule has 29 heavy (non-hydrogen) atoms. The predicted octanol–water partition coefficient (Wildman–Crippen LogP) is 3.75. The Hall–Kier alpha value is -3.60. The molecule has 0 aliphatic rings. The molecular weight excluding hydrogens is 360 g/mol. The van der Waals surface area contributed by atoms with Gasteiger partial charge in [-0.2, -0.15) is 0 Å². The number of rotatable bonds is 8. The van der Waals surface area contributed by atoms with Crippen molar-refractivity contribution in [2.24, 2.45) is 0 Å². The van der Waals surface area contributed by atoms with Gasteiger partial charge in [-0.25, -0.2) is 4.98 Å². The third kappa shape index (κ3) is 4.82. The fourth-order valence-electron chi connectivity index (χ4n) is 3.41. The fraction of sp³-hybridized carbons (Fsp3) is 0.167. The van der Waals surface area contributed by atoms with E-state index < -0.39 is 0 Å². The quantitative estimate of drug-likeness (QED) is 0.503. The second kappa shape index (κ2) is 9.06. The highest BCUT2D eigenvalue weighted by atomic mass is 16.1. The van der Waals surface area contributed by atoms with Crippen LogP contribution in [0.5, 0.6) is 0 Å². The summed E-state index contributed by atoms with van der Waals surface area (Å²) in [5, 5.41) is 3.03. The number of nitrogens with zero attached hydrogens (tertiary/aromatic N) is 3. The SMILES string of the molecule is O=C(NCCc1nccn1Cc1ccccc1)c1cccn1Cc1ccccc1. The van der Waals surface area contributed by atoms with Gasteiger partial charge in [0.2, 0.25) is 0 Å². The second-order valence-corrected chi connectivity index (χ2v) is 6.97. The highest BCUT2D eigenvalue weighted by Crippen LogP contribution is 2.09. The van der Waals surface area contributed by atoms with Gasteiger partial charge in [-0.15, -0.1) is 0 Å². The number of hydrogen-bond acceptors (Lipinski definition) is 2. The van der Waals surface area contributed by atoms with Crippen molar-refractivity contribution in [1.82, 2.24) is 19.4 Å². The van der Waals surface area contributed by atoms with Gasteiger partial charge >= 0.3 is 0 Å². The zero-order chi connectivity index (χ0) is 19.9. The highest BCUT2D eigenvalue weighted by Gasteiger charge is 2.11. The third-order valence-electron chi connectivity index (χ3n) is 4.89. The lowest BCUT2D eigenvalue weighted by Crippen LogP contribution is -2.28. The number of carbonyl (C=O) groups excluding carboxylic acids is 1. The van der Waals surface area contributed by atoms with Crippen LogP contribution in [0.4, 0.5) is 0 Å². The molecule has 0 aliphatic heterocycles. The van der Waals surface area contributed by atoms with Crippen LogP contribution in [0.3, 0.4) is 0 Å². The van der Waals surface area contributed by atoms with Crippen LogP contribution in [0.25, 0.3) is 0 Å². The summed E-state index contributed by atoms with van der Waals surface area (Å²) in [5.41, 5.74) is 3.07. The van der Waals surface area contributed by atoms with Crippen molar-refractivity contribution in [2.45, 2.75) is 19.5 Å². The van der Waals surface area contributed by atoms with Gasteiger partial charge in [-0.3, -0.25) is 4.79 Å². The van der Waals surface area contributed by atoms with E-state index in [4.69, 9.17) is 0 Å². The molecule has 4 rings (SSSR count). The zero-order valence-corrected chi connectivity index (χ0v) is 16.2. The Labute approximate surface area is 170 Å². The van der Waals surface area contributed by atoms with Gasteiger partial charge in [-0.1, -0.05) is 60.7 Å². The smallest absolute Gasteiger partial charge is 0.267 e. The van der Waals surface area contributed by atoms with E-state index in [1.165, 1.54) is 11.1 Å². The zero-order valence-electron chi connectivity index (χ0n) is 16.2. The minimum atomic E-state index is -0.0629. The Bertz CT molecular complexity index is 1050. The Morgan fingerprint density at radius 1 is 0.793 bits per heavy atom. The van der Waals surface area contributed by atoms with E-state index in [0.29, 0.717) is 25.2 Å². The monoisotopic (exact) mass is 384 g/mol. The molecule has 2 aromatic heterocycles. The summed E-state index contributed by atoms with van der Waals surface area (Å²) in [7, 11) is 0. The molecule has 0 saturated heterocycles. The van der Waals surface area contributed by atoms with Gasteiger partial charge in [0.25, 0.3) is 5.91 Å². The number of amides is 1. The van der Waals surface area contributed by atoms with Crippen molar-refractivity contribution in [3.8, 4) is 0 Å². The molecule has 0 unspecified atom stereocenters. The third-order valence-corrected chi connectivity index (χ3v) is 4.89. The molecule has 1 amide bonds. The maximum atomic E-state index is 12.7. The Morgan fingerprint density at radius 2 is 1.45 bits per heavy atom. The number of carbonyl (C=O) groups is 1. The standard InChI is InChI=1S/C24H24N4O/c29-24(22-12-7-16-27(22)18-20-8-3-1-4-9-20)26-14-13-23-25-15-17-28(23)19-21-10-5-2-6-11-21/h1-12,15-17H,13-14,18-19H2,(H,26,29). The average Bonchev–Trinajstić information content (AvgIpc) is 3.39. The van der Waals surface area contributed by atoms with E-state index in [0.717, 1.165) is 12.4 Å². The molecule has 0 fully saturated rings. The topological polar surface area (TPSA) is 51.9 Å². The molecule has 0 saturated carbocycles. The van der Waals surface area contributed by atoms with E-state index in [1.54, 1.807) is 0 Å². The fourth-order valence-corrected chi connectivity index (χ4v) is 3.41. The second-order valence-electron chi connectivity index (χ2n) is 6.97. The summed E-state index contributed by atoms with van der Waals surface area (Å²) in [5.74, 6) is 0.904. The largest absolute Gasteiger partial charge is 0.350 e. The van der Waals surface area contributed by atoms with Gasteiger partial charge in [0.05, 0.1) is 0 Å². The molecule has 0 bridgehead atoms. The number of benzene rings is 2. The van der Waals surface area contributed by atoms with Crippen LogP contribution in [0.1, 0.15) is 27.4 Å². The van der Waals surface area contributed by atoms with Crippen molar-refractivity contribution >= 4 is 5.91 Å². The van der Waals surface area contributed by atoms with Crippen molar-refractivity contribution in [3.63, 3.8) is 0 Å². The first-order chi connectivity index (χ1) is 14.3. The van der Waals surface area contributed by atoms with E-state index in [1.807, 2.05) is 71.7 Å². The summed E-state index contributed by atoms with van der Waals surface area (Å²) in [6.07, 6.45) is 6.42. The molecule has 5 heteroatoms. The van der Waals surface area contributed by atoms with Crippen LogP contribution in [-0.4, -0.2) is 26.6 Å². The first-order valence-corrected chi connectivity index (χ1v) is 9.81. The normalized spacial score (nSPS) is 10.8. The lowest BCUT2D eigenvalue weighted by Gasteiger charge is -2.11. The molecule has 0 spiro atoms. The predicted molar refractivity (Wildman–Crippen MR) is 114 cm³/mol. The van der Waals surface area contributed by atoms with Gasteiger partial charge in [0.1, 0.15) is 11.5 Å². The average molecular weight is 384 g/mol. The van der Waals surface area contributed by atoms with Crippen LogP contribution >= 0.6 is 0 Å². The lowest BCUT2D eigenvalue weighted by atomic mass is 10.2. The molecule has 1 N–H and O–H groups in total. The minimum Gasteiger partial charge on any atom is -0.350 e. The van der Waals surface area contributed by atoms with Crippen molar-refractivity contribution in [3.05, 3.63) is 114 Å². The van der Waals surface area contributed by atoms with E-state index >= 15 is 0 Å². The van der Waals surface area contributed by atoms with E-state index in [2.05, 4.69) is 39.1 Å². The molecule has 2 heterocycles. The molecule has 146 valence electrons. The summed E-state index contributed by atoms with van der Waals surface area (Å²) in [6.45, 7) is 2.00. The minimum absolute atomic E-state index is 0.0629. The van der Waals surface area contributed by atoms with Gasteiger partial charge in [-0.05, 0) is 23.3 Å². The van der Waals surface area contributed by atoms with Gasteiger partial charge < -0.3 is 14.5 Å². The molecule has 0 radical (unpaired) electrons. The molecule has 0 atom stereocenters. The molecular formula is C24H24N4O. The summed E-state index contributed by atoms with van der Waals surface area (Å²) < 4.78 is 4.10. The Balaban J connectivity index is 1.34. The van der Waals surface area contributed by atoms with Gasteiger partial charge in [0.15, 0.2) is 0 Å². The van der Waals surface area contributed by atoms with Crippen LogP contribution in [0.2, 0.25) is 0 Å². The number of nitrogens with one attached hydrogen (secondary N) is 1. The van der Waals surface area contributed by atoms with Crippen molar-refractivity contribution < 1.29 is 4.79 Å². The number of imidazole rings is 1. The molecule has 0 aliphatic carbocycles. The van der Waals surface area contributed by atoms with Crippen LogP contribution in [0.15, 0.2) is 91.4 Å². The molecule has 2 aromatic carbocycles. The lowest BCUT2D eigenvalue weighted by molar-refractivity contribution is 0.0945. The Morgan fingerprint density at radius 3 is 2.14 bits per heavy atom. The van der Waals surface area contributed by atoms with Crippen LogP contribution in [0, 0.1) is 0 Å². The molecule has 4 aromatic rings.